The molecule has 0 unspecified atom stereocenters. The zero-order valence-electron chi connectivity index (χ0n) is 18.1. The van der Waals surface area contributed by atoms with Crippen molar-refractivity contribution >= 4 is 50.1 Å². The van der Waals surface area contributed by atoms with E-state index in [2.05, 4.69) is 10.0 Å². The van der Waals surface area contributed by atoms with Gasteiger partial charge in [-0.15, -0.1) is 0 Å². The Balaban J connectivity index is 1.92. The van der Waals surface area contributed by atoms with Crippen LogP contribution >= 0.6 is 22.6 Å². The quantitative estimate of drug-likeness (QED) is 0.320. The first-order chi connectivity index (χ1) is 16.0. The minimum absolute atomic E-state index is 0.0228. The van der Waals surface area contributed by atoms with Crippen molar-refractivity contribution in [3.8, 4) is 11.5 Å². The first kappa shape index (κ1) is 25.8. The molecule has 180 valence electrons. The van der Waals surface area contributed by atoms with Gasteiger partial charge >= 0.3 is 0 Å². The van der Waals surface area contributed by atoms with Gasteiger partial charge in [0.1, 0.15) is 28.7 Å². The Labute approximate surface area is 209 Å². The second kappa shape index (κ2) is 10.6. The number of amides is 1. The summed E-state index contributed by atoms with van der Waals surface area (Å²) in [5, 5.41) is 2.69. The number of hydrogen-bond acceptors (Lipinski definition) is 5. The van der Waals surface area contributed by atoms with Crippen LogP contribution in [0.5, 0.6) is 11.5 Å². The highest BCUT2D eigenvalue weighted by Crippen LogP contribution is 2.34. The molecule has 0 saturated heterocycles. The van der Waals surface area contributed by atoms with Gasteiger partial charge in [0.05, 0.1) is 11.4 Å². The molecule has 0 aliphatic heterocycles. The molecule has 0 aliphatic rings. The fourth-order valence-electron chi connectivity index (χ4n) is 2.90. The summed E-state index contributed by atoms with van der Waals surface area (Å²) in [5.41, 5.74) is 5.85. The Morgan fingerprint density at radius 1 is 1.09 bits per heavy atom. The summed E-state index contributed by atoms with van der Waals surface area (Å²) in [6, 6.07) is 12.7. The predicted octanol–water partition coefficient (Wildman–Crippen LogP) is 4.10. The molecule has 34 heavy (non-hydrogen) atoms. The monoisotopic (exact) mass is 602 g/mol. The smallest absolute Gasteiger partial charge is 0.279 e. The van der Waals surface area contributed by atoms with Crippen LogP contribution in [-0.2, 0) is 16.8 Å². The lowest BCUT2D eigenvalue weighted by atomic mass is 10.1. The van der Waals surface area contributed by atoms with Gasteiger partial charge in [-0.3, -0.25) is 4.79 Å². The van der Waals surface area contributed by atoms with E-state index in [4.69, 9.17) is 10.5 Å². The molecule has 0 saturated carbocycles. The van der Waals surface area contributed by atoms with Gasteiger partial charge in [0.2, 0.25) is 0 Å². The van der Waals surface area contributed by atoms with Crippen molar-refractivity contribution in [3.63, 3.8) is 0 Å². The molecule has 8 nitrogen and oxygen atoms in total. The summed E-state index contributed by atoms with van der Waals surface area (Å²) in [5.74, 6) is -2.24. The molecule has 12 heteroatoms. The zero-order chi connectivity index (χ0) is 25.0. The molecule has 3 rings (SSSR count). The third-order valence-corrected chi connectivity index (χ3v) is 6.72. The molecule has 0 aliphatic carbocycles. The average molecular weight is 602 g/mol. The van der Waals surface area contributed by atoms with Gasteiger partial charge in [0.15, 0.2) is 0 Å². The number of nitrogens with two attached hydrogens (primary N) is 1. The van der Waals surface area contributed by atoms with E-state index in [1.165, 1.54) is 32.3 Å². The number of rotatable bonds is 9. The van der Waals surface area contributed by atoms with Crippen LogP contribution in [0.4, 0.5) is 20.2 Å². The van der Waals surface area contributed by atoms with Crippen LogP contribution in [0.15, 0.2) is 54.6 Å². The maximum absolute atomic E-state index is 14.4. The zero-order valence-corrected chi connectivity index (χ0v) is 21.1. The summed E-state index contributed by atoms with van der Waals surface area (Å²) in [6.45, 7) is -0.0254. The van der Waals surface area contributed by atoms with Crippen LogP contribution in [0.25, 0.3) is 0 Å². The molecular formula is C22H21F2IN4O4S. The van der Waals surface area contributed by atoms with Gasteiger partial charge in [0.25, 0.3) is 16.1 Å². The van der Waals surface area contributed by atoms with Crippen molar-refractivity contribution in [2.75, 3.05) is 19.4 Å². The second-order valence-corrected chi connectivity index (χ2v) is 10.5. The number of primary amides is 1. The maximum Gasteiger partial charge on any atom is 0.279 e. The summed E-state index contributed by atoms with van der Waals surface area (Å²) < 4.78 is 62.4. The lowest BCUT2D eigenvalue weighted by Gasteiger charge is -2.16. The normalized spacial score (nSPS) is 11.5. The van der Waals surface area contributed by atoms with Crippen molar-refractivity contribution in [2.45, 2.75) is 6.54 Å². The molecular weight excluding hydrogens is 581 g/mol. The topological polar surface area (TPSA) is 114 Å². The van der Waals surface area contributed by atoms with Crippen molar-refractivity contribution in [3.05, 3.63) is 80.9 Å². The van der Waals surface area contributed by atoms with Gasteiger partial charge < -0.3 is 15.8 Å². The van der Waals surface area contributed by atoms with E-state index in [9.17, 15) is 22.0 Å². The number of carbonyl (C=O) groups excluding carboxylic acids is 1. The van der Waals surface area contributed by atoms with Gasteiger partial charge in [-0.2, -0.15) is 17.4 Å². The molecule has 3 aromatic carbocycles. The second-order valence-electron chi connectivity index (χ2n) is 7.30. The highest BCUT2D eigenvalue weighted by Gasteiger charge is 2.20. The molecule has 0 heterocycles. The molecule has 0 aromatic heterocycles. The van der Waals surface area contributed by atoms with E-state index in [1.54, 1.807) is 24.3 Å². The number of carbonyl (C=O) groups is 1. The predicted molar refractivity (Wildman–Crippen MR) is 133 cm³/mol. The number of ether oxygens (including phenoxy) is 1. The SMILES string of the molecule is CN(C)S(=O)(=O)NCc1cccc(Oc2cc(F)cc(Nc3ccc(I)cc3F)c2C(N)=O)c1. The third kappa shape index (κ3) is 6.40. The fourth-order valence-corrected chi connectivity index (χ4v) is 3.96. The Morgan fingerprint density at radius 2 is 1.82 bits per heavy atom. The first-order valence-electron chi connectivity index (χ1n) is 9.75. The van der Waals surface area contributed by atoms with Gasteiger partial charge in [0, 0.05) is 30.3 Å². The number of halogens is 3. The maximum atomic E-state index is 14.4. The molecule has 0 bridgehead atoms. The van der Waals surface area contributed by atoms with Crippen LogP contribution in [-0.4, -0.2) is 32.7 Å². The lowest BCUT2D eigenvalue weighted by Crippen LogP contribution is -2.35. The van der Waals surface area contributed by atoms with Crippen molar-refractivity contribution in [2.24, 2.45) is 5.73 Å². The molecule has 4 N–H and O–H groups in total. The largest absolute Gasteiger partial charge is 0.456 e. The van der Waals surface area contributed by atoms with Crippen LogP contribution in [0.1, 0.15) is 15.9 Å². The number of nitrogens with zero attached hydrogens (tertiary/aromatic N) is 1. The number of hydrogen-bond donors (Lipinski definition) is 3. The standard InChI is InChI=1S/C22H21F2IN4O4S/c1-29(2)34(31,32)27-12-13-4-3-5-16(8-13)33-20-10-14(23)9-19(21(20)22(26)30)28-18-7-6-15(25)11-17(18)24/h3-11,27-28H,12H2,1-2H3,(H2,26,30). The third-order valence-electron chi connectivity index (χ3n) is 4.58. The highest BCUT2D eigenvalue weighted by atomic mass is 127. The molecule has 3 aromatic rings. The van der Waals surface area contributed by atoms with Crippen LogP contribution < -0.4 is 20.5 Å². The Morgan fingerprint density at radius 3 is 2.47 bits per heavy atom. The van der Waals surface area contributed by atoms with Crippen LogP contribution in [0.3, 0.4) is 0 Å². The number of benzene rings is 3. The fraction of sp³-hybridized carbons (Fsp3) is 0.136. The molecule has 1 amide bonds. The Kier molecular flexibility index (Phi) is 8.07. The van der Waals surface area contributed by atoms with Crippen molar-refractivity contribution in [1.82, 2.24) is 9.03 Å². The summed E-state index contributed by atoms with van der Waals surface area (Å²) in [4.78, 5) is 12.2. The minimum atomic E-state index is -3.64. The minimum Gasteiger partial charge on any atom is -0.456 e. The van der Waals surface area contributed by atoms with Gasteiger partial charge in [-0.25, -0.2) is 8.78 Å². The molecule has 0 atom stereocenters. The van der Waals surface area contributed by atoms with Crippen LogP contribution in [0.2, 0.25) is 0 Å². The van der Waals surface area contributed by atoms with Crippen molar-refractivity contribution in [1.29, 1.82) is 0 Å². The van der Waals surface area contributed by atoms with E-state index in [-0.39, 0.29) is 35.0 Å². The Bertz CT molecular complexity index is 1340. The van der Waals surface area contributed by atoms with E-state index >= 15 is 0 Å². The average Bonchev–Trinajstić information content (AvgIpc) is 2.74. The van der Waals surface area contributed by atoms with E-state index < -0.39 is 27.8 Å². The summed E-state index contributed by atoms with van der Waals surface area (Å²) >= 11 is 1.95. The lowest BCUT2D eigenvalue weighted by molar-refractivity contribution is 0.0999. The first-order valence-corrected chi connectivity index (χ1v) is 12.3. The molecule has 0 radical (unpaired) electrons. The molecule has 0 fully saturated rings. The summed E-state index contributed by atoms with van der Waals surface area (Å²) in [7, 11) is -0.853. The number of anilines is 2. The van der Waals surface area contributed by atoms with E-state index in [1.807, 2.05) is 22.6 Å². The summed E-state index contributed by atoms with van der Waals surface area (Å²) in [6.07, 6.45) is 0. The van der Waals surface area contributed by atoms with Gasteiger partial charge in [-0.1, -0.05) is 12.1 Å². The highest BCUT2D eigenvalue weighted by molar-refractivity contribution is 14.1. The van der Waals surface area contributed by atoms with E-state index in [0.717, 1.165) is 16.4 Å². The van der Waals surface area contributed by atoms with Gasteiger partial charge in [-0.05, 0) is 64.6 Å². The number of nitrogens with one attached hydrogen (secondary N) is 2. The Hall–Kier alpha value is -2.81. The van der Waals surface area contributed by atoms with E-state index in [0.29, 0.717) is 9.13 Å². The van der Waals surface area contributed by atoms with Crippen molar-refractivity contribution < 1.29 is 26.7 Å². The van der Waals surface area contributed by atoms with Crippen LogP contribution in [0, 0.1) is 15.2 Å². The molecule has 0 spiro atoms.